The minimum Gasteiger partial charge on any atom is -0.496 e. The zero-order valence-corrected chi connectivity index (χ0v) is 16.6. The number of aromatic nitrogens is 2. The summed E-state index contributed by atoms with van der Waals surface area (Å²) in [6.45, 7) is 6.61. The van der Waals surface area contributed by atoms with Crippen LogP contribution in [0.5, 0.6) is 5.75 Å². The van der Waals surface area contributed by atoms with Gasteiger partial charge in [-0.05, 0) is 43.0 Å². The maximum atomic E-state index is 12.6. The van der Waals surface area contributed by atoms with Crippen molar-refractivity contribution in [2.75, 3.05) is 13.7 Å². The number of methoxy groups -OCH3 is 1. The van der Waals surface area contributed by atoms with Crippen LogP contribution in [0.4, 0.5) is 0 Å². The van der Waals surface area contributed by atoms with E-state index < -0.39 is 0 Å². The van der Waals surface area contributed by atoms with Gasteiger partial charge in [-0.3, -0.25) is 9.69 Å². The lowest BCUT2D eigenvalue weighted by molar-refractivity contribution is 0.240. The summed E-state index contributed by atoms with van der Waals surface area (Å²) in [6, 6.07) is 14.0. The molecule has 28 heavy (non-hydrogen) atoms. The Morgan fingerprint density at radius 3 is 2.64 bits per heavy atom. The van der Waals surface area contributed by atoms with Crippen molar-refractivity contribution in [3.8, 4) is 17.1 Å². The van der Waals surface area contributed by atoms with Gasteiger partial charge in [-0.2, -0.15) is 0 Å². The molecule has 2 aromatic carbocycles. The average Bonchev–Trinajstić information content (AvgIpc) is 2.72. The molecule has 1 N–H and O–H groups in total. The molecule has 144 valence electrons. The summed E-state index contributed by atoms with van der Waals surface area (Å²) in [4.78, 5) is 22.7. The molecule has 0 spiro atoms. The number of benzene rings is 2. The molecule has 0 saturated carbocycles. The molecule has 0 radical (unpaired) electrons. The van der Waals surface area contributed by atoms with E-state index in [4.69, 9.17) is 9.72 Å². The molecule has 3 aromatic rings. The van der Waals surface area contributed by atoms with E-state index in [0.29, 0.717) is 12.4 Å². The molecule has 2 heterocycles. The van der Waals surface area contributed by atoms with Gasteiger partial charge in [0, 0.05) is 30.8 Å². The van der Waals surface area contributed by atoms with Crippen molar-refractivity contribution in [1.82, 2.24) is 14.9 Å². The molecule has 4 rings (SSSR count). The van der Waals surface area contributed by atoms with E-state index >= 15 is 0 Å². The van der Waals surface area contributed by atoms with Crippen LogP contribution in [0, 0.1) is 13.8 Å². The van der Waals surface area contributed by atoms with Crippen LogP contribution in [0.15, 0.2) is 47.3 Å². The van der Waals surface area contributed by atoms with Gasteiger partial charge in [-0.15, -0.1) is 0 Å². The number of hydrogen-bond donors (Lipinski definition) is 1. The number of nitrogens with zero attached hydrogens (tertiary/aromatic N) is 2. The summed E-state index contributed by atoms with van der Waals surface area (Å²) >= 11 is 0. The van der Waals surface area contributed by atoms with Crippen molar-refractivity contribution in [3.05, 3.63) is 80.8 Å². The van der Waals surface area contributed by atoms with E-state index in [1.54, 1.807) is 7.11 Å². The SMILES string of the molecule is COc1ccc(CN2CCc3c(nc(-c4ccccc4)[nH]c3=O)C2)c(C)c1C. The first-order valence-electron chi connectivity index (χ1n) is 9.59. The Morgan fingerprint density at radius 1 is 1.11 bits per heavy atom. The fraction of sp³-hybridized carbons (Fsp3) is 0.304. The number of nitrogens with one attached hydrogen (secondary N) is 1. The van der Waals surface area contributed by atoms with E-state index in [1.807, 2.05) is 36.4 Å². The maximum absolute atomic E-state index is 12.6. The van der Waals surface area contributed by atoms with Gasteiger partial charge in [0.1, 0.15) is 11.6 Å². The molecule has 5 heteroatoms. The van der Waals surface area contributed by atoms with Gasteiger partial charge in [-0.1, -0.05) is 36.4 Å². The predicted molar refractivity (Wildman–Crippen MR) is 111 cm³/mol. The molecular formula is C23H25N3O2. The lowest BCUT2D eigenvalue weighted by atomic mass is 10.00. The van der Waals surface area contributed by atoms with Gasteiger partial charge >= 0.3 is 0 Å². The quantitative estimate of drug-likeness (QED) is 0.757. The lowest BCUT2D eigenvalue weighted by Gasteiger charge is -2.28. The normalized spacial score (nSPS) is 14.0. The molecule has 1 aliphatic rings. The van der Waals surface area contributed by atoms with Crippen LogP contribution < -0.4 is 10.3 Å². The summed E-state index contributed by atoms with van der Waals surface area (Å²) < 4.78 is 5.42. The first kappa shape index (κ1) is 18.4. The minimum absolute atomic E-state index is 0.0139. The highest BCUT2D eigenvalue weighted by Crippen LogP contribution is 2.26. The summed E-state index contributed by atoms with van der Waals surface area (Å²) in [5, 5.41) is 0. The summed E-state index contributed by atoms with van der Waals surface area (Å²) in [5.41, 5.74) is 6.35. The van der Waals surface area contributed by atoms with Gasteiger partial charge in [0.05, 0.1) is 12.8 Å². The van der Waals surface area contributed by atoms with Gasteiger partial charge in [0.25, 0.3) is 5.56 Å². The number of aromatic amines is 1. The molecule has 0 saturated heterocycles. The van der Waals surface area contributed by atoms with Crippen LogP contribution in [-0.2, 0) is 19.5 Å². The van der Waals surface area contributed by atoms with Crippen molar-refractivity contribution >= 4 is 0 Å². The van der Waals surface area contributed by atoms with E-state index in [1.165, 1.54) is 16.7 Å². The highest BCUT2D eigenvalue weighted by molar-refractivity contribution is 5.54. The second kappa shape index (κ2) is 7.60. The standard InChI is InChI=1S/C23H25N3O2/c1-15-16(2)21(28-3)10-9-18(15)13-26-12-11-19-20(14-26)24-22(25-23(19)27)17-7-5-4-6-8-17/h4-10H,11-14H2,1-3H3,(H,24,25,27). The molecule has 0 unspecified atom stereocenters. The second-order valence-electron chi connectivity index (χ2n) is 7.34. The van der Waals surface area contributed by atoms with Crippen molar-refractivity contribution in [2.45, 2.75) is 33.4 Å². The Morgan fingerprint density at radius 2 is 1.89 bits per heavy atom. The van der Waals surface area contributed by atoms with Crippen molar-refractivity contribution in [3.63, 3.8) is 0 Å². The number of rotatable bonds is 4. The summed E-state index contributed by atoms with van der Waals surface area (Å²) in [6.07, 6.45) is 0.723. The van der Waals surface area contributed by atoms with Crippen LogP contribution in [-0.4, -0.2) is 28.5 Å². The van der Waals surface area contributed by atoms with E-state index in [-0.39, 0.29) is 5.56 Å². The molecule has 0 aliphatic carbocycles. The van der Waals surface area contributed by atoms with Crippen LogP contribution in [0.25, 0.3) is 11.4 Å². The number of ether oxygens (including phenoxy) is 1. The summed E-state index contributed by atoms with van der Waals surface area (Å²) in [7, 11) is 1.70. The lowest BCUT2D eigenvalue weighted by Crippen LogP contribution is -2.35. The molecule has 0 atom stereocenters. The first-order valence-corrected chi connectivity index (χ1v) is 9.59. The zero-order valence-electron chi connectivity index (χ0n) is 16.6. The van der Waals surface area contributed by atoms with Crippen LogP contribution >= 0.6 is 0 Å². The molecule has 0 amide bonds. The largest absolute Gasteiger partial charge is 0.496 e. The van der Waals surface area contributed by atoms with E-state index in [9.17, 15) is 4.79 Å². The smallest absolute Gasteiger partial charge is 0.254 e. The molecule has 1 aromatic heterocycles. The number of fused-ring (bicyclic) bond motifs is 1. The van der Waals surface area contributed by atoms with Crippen LogP contribution in [0.1, 0.15) is 27.9 Å². The monoisotopic (exact) mass is 375 g/mol. The Kier molecular flexibility index (Phi) is 5.01. The third-order valence-electron chi connectivity index (χ3n) is 5.66. The average molecular weight is 375 g/mol. The third-order valence-corrected chi connectivity index (χ3v) is 5.66. The molecule has 0 fully saturated rings. The third kappa shape index (κ3) is 3.45. The van der Waals surface area contributed by atoms with Gasteiger partial charge in [0.15, 0.2) is 0 Å². The number of hydrogen-bond acceptors (Lipinski definition) is 4. The Hall–Kier alpha value is -2.92. The molecule has 1 aliphatic heterocycles. The molecule has 0 bridgehead atoms. The van der Waals surface area contributed by atoms with Gasteiger partial charge in [-0.25, -0.2) is 4.98 Å². The highest BCUT2D eigenvalue weighted by atomic mass is 16.5. The van der Waals surface area contributed by atoms with E-state index in [2.05, 4.69) is 29.8 Å². The van der Waals surface area contributed by atoms with Crippen LogP contribution in [0.3, 0.4) is 0 Å². The minimum atomic E-state index is -0.0139. The highest BCUT2D eigenvalue weighted by Gasteiger charge is 2.22. The van der Waals surface area contributed by atoms with Crippen LogP contribution in [0.2, 0.25) is 0 Å². The maximum Gasteiger partial charge on any atom is 0.254 e. The fourth-order valence-electron chi connectivity index (χ4n) is 3.85. The second-order valence-corrected chi connectivity index (χ2v) is 7.34. The van der Waals surface area contributed by atoms with E-state index in [0.717, 1.165) is 42.1 Å². The van der Waals surface area contributed by atoms with Gasteiger partial charge < -0.3 is 9.72 Å². The van der Waals surface area contributed by atoms with Crippen molar-refractivity contribution in [2.24, 2.45) is 0 Å². The van der Waals surface area contributed by atoms with Crippen molar-refractivity contribution in [1.29, 1.82) is 0 Å². The Balaban J connectivity index is 1.60. The van der Waals surface area contributed by atoms with Gasteiger partial charge in [0.2, 0.25) is 0 Å². The van der Waals surface area contributed by atoms with Crippen molar-refractivity contribution < 1.29 is 4.74 Å². The Labute approximate surface area is 165 Å². The molecule has 5 nitrogen and oxygen atoms in total. The first-order chi connectivity index (χ1) is 13.6. The number of H-pyrrole nitrogens is 1. The Bertz CT molecular complexity index is 1060. The fourth-order valence-corrected chi connectivity index (χ4v) is 3.85. The predicted octanol–water partition coefficient (Wildman–Crippen LogP) is 3.62. The zero-order chi connectivity index (χ0) is 19.7. The topological polar surface area (TPSA) is 58.2 Å². The summed E-state index contributed by atoms with van der Waals surface area (Å²) in [5.74, 6) is 1.56. The molecular weight excluding hydrogens is 350 g/mol.